The van der Waals surface area contributed by atoms with E-state index in [1.807, 2.05) is 30.1 Å². The number of carbonyl (C=O) groups is 1. The van der Waals surface area contributed by atoms with E-state index in [1.54, 1.807) is 24.5 Å². The SMILES string of the molecule is CN(C)c1ncc(-c2cncnc2)c(C2CCN(C(=O)CCc3ccc(F)cc3)CC2)n1. The van der Waals surface area contributed by atoms with Crippen LogP contribution < -0.4 is 4.90 Å². The van der Waals surface area contributed by atoms with E-state index in [2.05, 4.69) is 15.0 Å². The van der Waals surface area contributed by atoms with Crippen molar-refractivity contribution in [1.82, 2.24) is 24.8 Å². The number of hydrogen-bond donors (Lipinski definition) is 0. The molecule has 7 nitrogen and oxygen atoms in total. The fraction of sp³-hybridized carbons (Fsp3) is 0.375. The number of hydrogen-bond acceptors (Lipinski definition) is 6. The van der Waals surface area contributed by atoms with Crippen molar-refractivity contribution in [2.24, 2.45) is 0 Å². The van der Waals surface area contributed by atoms with Crippen molar-refractivity contribution in [2.45, 2.75) is 31.6 Å². The van der Waals surface area contributed by atoms with E-state index in [0.29, 0.717) is 31.9 Å². The highest BCUT2D eigenvalue weighted by atomic mass is 19.1. The first-order chi connectivity index (χ1) is 15.5. The normalized spacial score (nSPS) is 14.4. The lowest BCUT2D eigenvalue weighted by molar-refractivity contribution is -0.132. The van der Waals surface area contributed by atoms with Gasteiger partial charge in [-0.1, -0.05) is 12.1 Å². The van der Waals surface area contributed by atoms with Crippen LogP contribution in [0.15, 0.2) is 49.2 Å². The Kier molecular flexibility index (Phi) is 6.68. The number of benzene rings is 1. The van der Waals surface area contributed by atoms with Gasteiger partial charge < -0.3 is 9.80 Å². The average molecular weight is 435 g/mol. The standard InChI is InChI=1S/C24H27FN6O/c1-30(2)24-28-15-21(19-13-26-16-27-14-19)23(29-24)18-9-11-31(12-10-18)22(32)8-5-17-3-6-20(25)7-4-17/h3-4,6-7,13-16,18H,5,8-12H2,1-2H3. The van der Waals surface area contributed by atoms with Crippen molar-refractivity contribution in [2.75, 3.05) is 32.1 Å². The van der Waals surface area contributed by atoms with Crippen LogP contribution in [0.2, 0.25) is 0 Å². The first-order valence-electron chi connectivity index (χ1n) is 10.8. The second-order valence-electron chi connectivity index (χ2n) is 8.27. The molecule has 8 heteroatoms. The van der Waals surface area contributed by atoms with Crippen LogP contribution in [-0.2, 0) is 11.2 Å². The van der Waals surface area contributed by atoms with Gasteiger partial charge in [-0.25, -0.2) is 24.3 Å². The first kappa shape index (κ1) is 21.8. The number of carbonyl (C=O) groups excluding carboxylic acids is 1. The summed E-state index contributed by atoms with van der Waals surface area (Å²) in [6.07, 6.45) is 9.64. The van der Waals surface area contributed by atoms with E-state index < -0.39 is 0 Å². The van der Waals surface area contributed by atoms with Crippen molar-refractivity contribution in [3.8, 4) is 11.1 Å². The maximum atomic E-state index is 13.1. The highest BCUT2D eigenvalue weighted by Crippen LogP contribution is 2.34. The van der Waals surface area contributed by atoms with Crippen LogP contribution >= 0.6 is 0 Å². The molecule has 1 aromatic carbocycles. The third-order valence-electron chi connectivity index (χ3n) is 5.85. The van der Waals surface area contributed by atoms with Crippen molar-refractivity contribution in [3.05, 3.63) is 66.3 Å². The number of likely N-dealkylation sites (tertiary alicyclic amines) is 1. The minimum absolute atomic E-state index is 0.140. The number of aromatic nitrogens is 4. The molecule has 1 fully saturated rings. The predicted molar refractivity (Wildman–Crippen MR) is 121 cm³/mol. The Balaban J connectivity index is 1.43. The second-order valence-corrected chi connectivity index (χ2v) is 8.27. The van der Waals surface area contributed by atoms with E-state index >= 15 is 0 Å². The lowest BCUT2D eigenvalue weighted by Crippen LogP contribution is -2.38. The zero-order valence-corrected chi connectivity index (χ0v) is 18.4. The maximum Gasteiger partial charge on any atom is 0.225 e. The number of aryl methyl sites for hydroxylation is 1. The summed E-state index contributed by atoms with van der Waals surface area (Å²) in [5.41, 5.74) is 3.79. The van der Waals surface area contributed by atoms with Gasteiger partial charge in [-0.15, -0.1) is 0 Å². The summed E-state index contributed by atoms with van der Waals surface area (Å²) in [6, 6.07) is 6.34. The molecule has 0 aliphatic carbocycles. The van der Waals surface area contributed by atoms with Crippen LogP contribution in [0.3, 0.4) is 0 Å². The molecule has 1 aliphatic rings. The van der Waals surface area contributed by atoms with Gasteiger partial charge in [0.05, 0.1) is 5.69 Å². The number of piperidine rings is 1. The van der Waals surface area contributed by atoms with Crippen LogP contribution in [0.1, 0.15) is 36.4 Å². The molecule has 3 heterocycles. The third kappa shape index (κ3) is 5.07. The van der Waals surface area contributed by atoms with E-state index in [1.165, 1.54) is 18.5 Å². The van der Waals surface area contributed by atoms with Gasteiger partial charge >= 0.3 is 0 Å². The second kappa shape index (κ2) is 9.80. The summed E-state index contributed by atoms with van der Waals surface area (Å²) in [7, 11) is 3.85. The Hall–Kier alpha value is -3.42. The van der Waals surface area contributed by atoms with Crippen molar-refractivity contribution in [1.29, 1.82) is 0 Å². The summed E-state index contributed by atoms with van der Waals surface area (Å²) in [5.74, 6) is 0.776. The summed E-state index contributed by atoms with van der Waals surface area (Å²) in [6.45, 7) is 1.39. The monoisotopic (exact) mass is 434 g/mol. The van der Waals surface area contributed by atoms with E-state index in [0.717, 1.165) is 35.2 Å². The molecule has 1 saturated heterocycles. The Bertz CT molecular complexity index is 1050. The van der Waals surface area contributed by atoms with Crippen LogP contribution in [-0.4, -0.2) is 57.9 Å². The number of nitrogens with zero attached hydrogens (tertiary/aromatic N) is 6. The molecule has 1 aliphatic heterocycles. The summed E-state index contributed by atoms with van der Waals surface area (Å²) >= 11 is 0. The molecule has 0 spiro atoms. The Morgan fingerprint density at radius 3 is 2.44 bits per heavy atom. The van der Waals surface area contributed by atoms with Crippen LogP contribution in [0.4, 0.5) is 10.3 Å². The fourth-order valence-electron chi connectivity index (χ4n) is 4.04. The molecular weight excluding hydrogens is 407 g/mol. The average Bonchev–Trinajstić information content (AvgIpc) is 2.83. The van der Waals surface area contributed by atoms with Gasteiger partial charge in [0.2, 0.25) is 11.9 Å². The Labute approximate surface area is 187 Å². The first-order valence-corrected chi connectivity index (χ1v) is 10.8. The molecule has 0 atom stereocenters. The zero-order valence-electron chi connectivity index (χ0n) is 18.4. The van der Waals surface area contributed by atoms with E-state index in [9.17, 15) is 9.18 Å². The molecule has 166 valence electrons. The smallest absolute Gasteiger partial charge is 0.225 e. The highest BCUT2D eigenvalue weighted by Gasteiger charge is 2.27. The third-order valence-corrected chi connectivity index (χ3v) is 5.85. The van der Waals surface area contributed by atoms with E-state index in [-0.39, 0.29) is 17.6 Å². The molecule has 0 bridgehead atoms. The zero-order chi connectivity index (χ0) is 22.5. The van der Waals surface area contributed by atoms with Crippen LogP contribution in [0.5, 0.6) is 0 Å². The molecule has 0 unspecified atom stereocenters. The molecule has 0 N–H and O–H groups in total. The predicted octanol–water partition coefficient (Wildman–Crippen LogP) is 3.48. The molecule has 2 aromatic heterocycles. The van der Waals surface area contributed by atoms with Crippen LogP contribution in [0.25, 0.3) is 11.1 Å². The van der Waals surface area contributed by atoms with Crippen molar-refractivity contribution >= 4 is 11.9 Å². The maximum absolute atomic E-state index is 13.1. The largest absolute Gasteiger partial charge is 0.347 e. The summed E-state index contributed by atoms with van der Waals surface area (Å²) in [4.78, 5) is 34.2. The van der Waals surface area contributed by atoms with Gasteiger partial charge in [-0.2, -0.15) is 0 Å². The number of halogens is 1. The van der Waals surface area contributed by atoms with Gasteiger partial charge in [-0.05, 0) is 37.0 Å². The molecule has 3 aromatic rings. The van der Waals surface area contributed by atoms with Gasteiger partial charge in [0.25, 0.3) is 0 Å². The summed E-state index contributed by atoms with van der Waals surface area (Å²) in [5, 5.41) is 0. The van der Waals surface area contributed by atoms with Crippen LogP contribution in [0, 0.1) is 5.82 Å². The van der Waals surface area contributed by atoms with Crippen molar-refractivity contribution < 1.29 is 9.18 Å². The minimum atomic E-state index is -0.259. The topological polar surface area (TPSA) is 75.1 Å². The number of anilines is 1. The molecule has 0 saturated carbocycles. The lowest BCUT2D eigenvalue weighted by atomic mass is 9.89. The van der Waals surface area contributed by atoms with Gasteiger partial charge in [-0.3, -0.25) is 4.79 Å². The quantitative estimate of drug-likeness (QED) is 0.591. The molecule has 32 heavy (non-hydrogen) atoms. The van der Waals surface area contributed by atoms with E-state index in [4.69, 9.17) is 4.98 Å². The molecule has 0 radical (unpaired) electrons. The van der Waals surface area contributed by atoms with Gasteiger partial charge in [0.15, 0.2) is 0 Å². The highest BCUT2D eigenvalue weighted by molar-refractivity contribution is 5.76. The molecule has 1 amide bonds. The number of amides is 1. The Morgan fingerprint density at radius 1 is 1.09 bits per heavy atom. The summed E-state index contributed by atoms with van der Waals surface area (Å²) < 4.78 is 13.1. The minimum Gasteiger partial charge on any atom is -0.347 e. The Morgan fingerprint density at radius 2 is 1.78 bits per heavy atom. The fourth-order valence-corrected chi connectivity index (χ4v) is 4.04. The van der Waals surface area contributed by atoms with Gasteiger partial charge in [0, 0.05) is 69.2 Å². The lowest BCUT2D eigenvalue weighted by Gasteiger charge is -2.33. The molecular formula is C24H27FN6O. The van der Waals surface area contributed by atoms with Gasteiger partial charge in [0.1, 0.15) is 12.1 Å². The number of rotatable bonds is 6. The molecule has 4 rings (SSSR count). The van der Waals surface area contributed by atoms with Crippen molar-refractivity contribution in [3.63, 3.8) is 0 Å².